The van der Waals surface area contributed by atoms with Crippen molar-refractivity contribution in [2.45, 2.75) is 282 Å². The van der Waals surface area contributed by atoms with Crippen molar-refractivity contribution in [3.63, 3.8) is 0 Å². The molecule has 1 aliphatic rings. The molecule has 6 atom stereocenters. The van der Waals surface area contributed by atoms with Crippen molar-refractivity contribution in [2.24, 2.45) is 0 Å². The van der Waals surface area contributed by atoms with E-state index in [4.69, 9.17) is 18.9 Å². The van der Waals surface area contributed by atoms with Gasteiger partial charge in [-0.1, -0.05) is 226 Å². The molecule has 0 aliphatic carbocycles. The van der Waals surface area contributed by atoms with Gasteiger partial charge in [0.1, 0.15) is 30.5 Å². The summed E-state index contributed by atoms with van der Waals surface area (Å²) in [5.74, 6) is -0.306. The Bertz CT molecular complexity index is 858. The van der Waals surface area contributed by atoms with Crippen LogP contribution in [0.25, 0.3) is 0 Å². The minimum atomic E-state index is -1.53. The van der Waals surface area contributed by atoms with E-state index < -0.39 is 43.4 Å². The average molecular weight is 829 g/mol. The highest BCUT2D eigenvalue weighted by Crippen LogP contribution is 2.23. The first-order valence-electron chi connectivity index (χ1n) is 25.1. The zero-order chi connectivity index (χ0) is 42.2. The highest BCUT2D eigenvalue weighted by Gasteiger charge is 2.44. The number of rotatable bonds is 44. The van der Waals surface area contributed by atoms with Gasteiger partial charge in [-0.2, -0.15) is 0 Å². The molecule has 0 aromatic heterocycles. The number of esters is 1. The largest absolute Gasteiger partial charge is 0.457 e. The summed E-state index contributed by atoms with van der Waals surface area (Å²) in [6.07, 6.45) is 38.7. The van der Waals surface area contributed by atoms with Gasteiger partial charge in [0.25, 0.3) is 0 Å². The van der Waals surface area contributed by atoms with Gasteiger partial charge in [-0.25, -0.2) is 0 Å². The third-order valence-electron chi connectivity index (χ3n) is 12.0. The van der Waals surface area contributed by atoms with Crippen molar-refractivity contribution >= 4 is 5.97 Å². The van der Waals surface area contributed by atoms with Crippen LogP contribution in [0.15, 0.2) is 0 Å². The van der Waals surface area contributed by atoms with Crippen LogP contribution in [0.5, 0.6) is 0 Å². The standard InChI is InChI=1S/C49H96O9/c1-3-5-7-9-11-13-15-16-17-18-19-20-21-22-23-24-25-26-27-28-29-30-32-34-36-38-45(51)57-43(41-55-39-37-35-33-31-14-12-10-8-6-4-2)42-56-49-48(54)47(53)46(52)44(40-50)58-49/h43-44,46-50,52-54H,3-42H2,1-2H3. The molecule has 0 bridgehead atoms. The molecule has 346 valence electrons. The summed E-state index contributed by atoms with van der Waals surface area (Å²) in [5.41, 5.74) is 0. The Balaban J connectivity index is 2.11. The van der Waals surface area contributed by atoms with E-state index in [1.807, 2.05) is 0 Å². The predicted molar refractivity (Wildman–Crippen MR) is 238 cm³/mol. The van der Waals surface area contributed by atoms with Crippen molar-refractivity contribution in [3.8, 4) is 0 Å². The lowest BCUT2D eigenvalue weighted by Gasteiger charge is -2.39. The van der Waals surface area contributed by atoms with Gasteiger partial charge in [-0.3, -0.25) is 4.79 Å². The van der Waals surface area contributed by atoms with Crippen molar-refractivity contribution in [1.29, 1.82) is 0 Å². The van der Waals surface area contributed by atoms with Gasteiger partial charge in [0.05, 0.1) is 19.8 Å². The molecule has 1 fully saturated rings. The van der Waals surface area contributed by atoms with Gasteiger partial charge in [0, 0.05) is 13.0 Å². The van der Waals surface area contributed by atoms with Gasteiger partial charge >= 0.3 is 5.97 Å². The van der Waals surface area contributed by atoms with Gasteiger partial charge in [0.15, 0.2) is 6.29 Å². The second-order valence-corrected chi connectivity index (χ2v) is 17.6. The summed E-state index contributed by atoms with van der Waals surface area (Å²) < 4.78 is 22.8. The van der Waals surface area contributed by atoms with Crippen molar-refractivity contribution in [1.82, 2.24) is 0 Å². The minimum absolute atomic E-state index is 0.105. The fourth-order valence-electron chi connectivity index (χ4n) is 8.08. The maximum atomic E-state index is 12.8. The molecular weight excluding hydrogens is 733 g/mol. The van der Waals surface area contributed by atoms with Gasteiger partial charge in [-0.15, -0.1) is 0 Å². The van der Waals surface area contributed by atoms with E-state index in [9.17, 15) is 25.2 Å². The van der Waals surface area contributed by atoms with Crippen LogP contribution in [-0.4, -0.2) is 89.6 Å². The maximum absolute atomic E-state index is 12.8. The minimum Gasteiger partial charge on any atom is -0.457 e. The monoisotopic (exact) mass is 829 g/mol. The first-order chi connectivity index (χ1) is 28.4. The first-order valence-corrected chi connectivity index (χ1v) is 25.1. The van der Waals surface area contributed by atoms with E-state index >= 15 is 0 Å². The quantitative estimate of drug-likeness (QED) is 0.0350. The molecule has 0 amide bonds. The van der Waals surface area contributed by atoms with Gasteiger partial charge in [-0.05, 0) is 12.8 Å². The molecule has 9 heteroatoms. The lowest BCUT2D eigenvalue weighted by atomic mass is 9.99. The molecule has 4 N–H and O–H groups in total. The highest BCUT2D eigenvalue weighted by molar-refractivity contribution is 5.69. The Morgan fingerprint density at radius 1 is 0.483 bits per heavy atom. The second kappa shape index (κ2) is 41.5. The summed E-state index contributed by atoms with van der Waals surface area (Å²) in [7, 11) is 0. The number of carbonyl (C=O) groups excluding carboxylic acids is 1. The molecule has 0 saturated carbocycles. The van der Waals surface area contributed by atoms with Crippen LogP contribution in [0.4, 0.5) is 0 Å². The molecule has 0 radical (unpaired) electrons. The molecular formula is C49H96O9. The summed E-state index contributed by atoms with van der Waals surface area (Å²) >= 11 is 0. The third kappa shape index (κ3) is 32.0. The molecule has 1 aliphatic heterocycles. The lowest BCUT2D eigenvalue weighted by molar-refractivity contribution is -0.305. The van der Waals surface area contributed by atoms with Gasteiger partial charge in [0.2, 0.25) is 0 Å². The van der Waals surface area contributed by atoms with E-state index in [0.29, 0.717) is 13.0 Å². The number of carbonyl (C=O) groups is 1. The second-order valence-electron chi connectivity index (χ2n) is 17.6. The number of aliphatic hydroxyl groups excluding tert-OH is 4. The zero-order valence-electron chi connectivity index (χ0n) is 38.1. The normalized spacial score (nSPS) is 20.1. The fourth-order valence-corrected chi connectivity index (χ4v) is 8.08. The SMILES string of the molecule is CCCCCCCCCCCCCCCCCCCCCCCCCCCC(=O)OC(COCCCCCCCCCCCC)COC1OC(CO)C(O)C(O)C1O. The van der Waals surface area contributed by atoms with Crippen LogP contribution >= 0.6 is 0 Å². The Kier molecular flexibility index (Phi) is 39.5. The summed E-state index contributed by atoms with van der Waals surface area (Å²) in [5, 5.41) is 40.1. The third-order valence-corrected chi connectivity index (χ3v) is 12.0. The molecule has 0 aromatic rings. The molecule has 0 spiro atoms. The zero-order valence-corrected chi connectivity index (χ0v) is 38.1. The highest BCUT2D eigenvalue weighted by atomic mass is 16.7. The molecule has 9 nitrogen and oxygen atoms in total. The maximum Gasteiger partial charge on any atom is 0.306 e. The van der Waals surface area contributed by atoms with E-state index in [0.717, 1.165) is 32.1 Å². The number of hydrogen-bond donors (Lipinski definition) is 4. The van der Waals surface area contributed by atoms with E-state index in [-0.39, 0.29) is 19.2 Å². The van der Waals surface area contributed by atoms with E-state index in [1.165, 1.54) is 193 Å². The van der Waals surface area contributed by atoms with E-state index in [2.05, 4.69) is 13.8 Å². The number of aliphatic hydroxyl groups is 4. The predicted octanol–water partition coefficient (Wildman–Crippen LogP) is 11.8. The average Bonchev–Trinajstić information content (AvgIpc) is 3.22. The summed E-state index contributed by atoms with van der Waals surface area (Å²) in [4.78, 5) is 12.8. The molecule has 6 unspecified atom stereocenters. The first kappa shape index (κ1) is 55.2. The van der Waals surface area contributed by atoms with Crippen LogP contribution in [0.1, 0.15) is 245 Å². The summed E-state index contributed by atoms with van der Waals surface area (Å²) in [6, 6.07) is 0. The molecule has 58 heavy (non-hydrogen) atoms. The smallest absolute Gasteiger partial charge is 0.306 e. The van der Waals surface area contributed by atoms with Crippen LogP contribution < -0.4 is 0 Å². The molecule has 0 aromatic carbocycles. The molecule has 1 heterocycles. The summed E-state index contributed by atoms with van der Waals surface area (Å²) in [6.45, 7) is 4.60. The van der Waals surface area contributed by atoms with Crippen LogP contribution in [-0.2, 0) is 23.7 Å². The molecule has 1 rings (SSSR count). The topological polar surface area (TPSA) is 135 Å². The Labute approximate surface area is 357 Å². The van der Waals surface area contributed by atoms with Crippen molar-refractivity contribution in [3.05, 3.63) is 0 Å². The molecule has 1 saturated heterocycles. The Hall–Kier alpha value is -0.810. The van der Waals surface area contributed by atoms with Crippen LogP contribution in [0.2, 0.25) is 0 Å². The fraction of sp³-hybridized carbons (Fsp3) is 0.980. The number of hydrogen-bond acceptors (Lipinski definition) is 9. The number of ether oxygens (including phenoxy) is 4. The van der Waals surface area contributed by atoms with Crippen LogP contribution in [0, 0.1) is 0 Å². The Morgan fingerprint density at radius 3 is 1.22 bits per heavy atom. The Morgan fingerprint density at radius 2 is 0.845 bits per heavy atom. The van der Waals surface area contributed by atoms with E-state index in [1.54, 1.807) is 0 Å². The van der Waals surface area contributed by atoms with Crippen LogP contribution in [0.3, 0.4) is 0 Å². The van der Waals surface area contributed by atoms with Crippen molar-refractivity contribution in [2.75, 3.05) is 26.4 Å². The lowest BCUT2D eigenvalue weighted by Crippen LogP contribution is -2.59. The van der Waals surface area contributed by atoms with Gasteiger partial charge < -0.3 is 39.4 Å². The number of unbranched alkanes of at least 4 members (excludes halogenated alkanes) is 33. The van der Waals surface area contributed by atoms with Crippen molar-refractivity contribution < 1.29 is 44.2 Å².